The quantitative estimate of drug-likeness (QED) is 0.432. The summed E-state index contributed by atoms with van der Waals surface area (Å²) in [7, 11) is 0. The van der Waals surface area contributed by atoms with Crippen molar-refractivity contribution in [2.24, 2.45) is 5.92 Å². The maximum absolute atomic E-state index is 12.8. The summed E-state index contributed by atoms with van der Waals surface area (Å²) in [5.41, 5.74) is 7.94. The van der Waals surface area contributed by atoms with Gasteiger partial charge in [0.2, 0.25) is 11.9 Å². The second-order valence-electron chi connectivity index (χ2n) is 8.76. The molecule has 0 bridgehead atoms. The number of nitrogens with one attached hydrogen (secondary N) is 2. The fraction of sp³-hybridized carbons (Fsp3) is 0.435. The molecule has 35 heavy (non-hydrogen) atoms. The number of nitrogens with zero attached hydrogens (tertiary/aromatic N) is 5. The highest BCUT2D eigenvalue weighted by Gasteiger charge is 2.30. The van der Waals surface area contributed by atoms with Gasteiger partial charge in [0.25, 0.3) is 0 Å². The third-order valence-corrected chi connectivity index (χ3v) is 7.08. The van der Waals surface area contributed by atoms with Crippen LogP contribution in [-0.2, 0) is 9.53 Å². The first-order valence-corrected chi connectivity index (χ1v) is 12.4. The third-order valence-electron chi connectivity index (χ3n) is 6.45. The topological polar surface area (TPSA) is 131 Å². The molecule has 0 radical (unpaired) electrons. The summed E-state index contributed by atoms with van der Waals surface area (Å²) < 4.78 is 5.36. The maximum Gasteiger partial charge on any atom is 0.225 e. The molecule has 1 aliphatic carbocycles. The normalized spacial score (nSPS) is 20.6. The predicted octanol–water partition coefficient (Wildman–Crippen LogP) is 3.88. The first-order chi connectivity index (χ1) is 17.0. The fourth-order valence-electron chi connectivity index (χ4n) is 4.52. The number of nitrogen functional groups attached to an aromatic ring is 1. The van der Waals surface area contributed by atoms with Gasteiger partial charge in [-0.1, -0.05) is 23.2 Å². The Bertz CT molecular complexity index is 1210. The number of fused-ring (bicyclic) bond motifs is 1. The van der Waals surface area contributed by atoms with E-state index in [-0.39, 0.29) is 17.9 Å². The number of halogens is 2. The summed E-state index contributed by atoms with van der Waals surface area (Å²) in [4.78, 5) is 32.4. The molecule has 10 nitrogen and oxygen atoms in total. The Balaban J connectivity index is 1.26. The van der Waals surface area contributed by atoms with Gasteiger partial charge in [-0.2, -0.15) is 0 Å². The number of ether oxygens (including phenoxy) is 1. The lowest BCUT2D eigenvalue weighted by Crippen LogP contribution is -2.45. The minimum atomic E-state index is 0.0754. The number of amides is 1. The molecule has 2 aliphatic rings. The van der Waals surface area contributed by atoms with E-state index in [0.717, 1.165) is 25.7 Å². The summed E-state index contributed by atoms with van der Waals surface area (Å²) in [6, 6.07) is 3.54. The van der Waals surface area contributed by atoms with Gasteiger partial charge in [0.1, 0.15) is 17.4 Å². The zero-order valence-corrected chi connectivity index (χ0v) is 20.5. The molecule has 1 saturated heterocycles. The molecule has 1 aliphatic heterocycles. The Kier molecular flexibility index (Phi) is 7.03. The predicted molar refractivity (Wildman–Crippen MR) is 136 cm³/mol. The molecule has 4 N–H and O–H groups in total. The van der Waals surface area contributed by atoms with Crippen molar-refractivity contribution in [1.82, 2.24) is 24.8 Å². The molecule has 12 heteroatoms. The average Bonchev–Trinajstić information content (AvgIpc) is 2.88. The number of morpholine rings is 1. The van der Waals surface area contributed by atoms with Gasteiger partial charge in [-0.25, -0.2) is 19.9 Å². The molecule has 1 amide bonds. The Hall–Kier alpha value is -2.95. The molecule has 1 aromatic carbocycles. The fourth-order valence-corrected chi connectivity index (χ4v) is 5.00. The standard InChI is InChI=1S/C23H26Cl2N8O2/c24-16-9-15(10-17(25)19(16)26)30-21-20-18(28-12-29-21)11-27-23(32-20)31-14-3-1-13(2-4-14)22(34)33-5-7-35-8-6-33/h9-14H,1-8,26H2,(H,27,31,32)(H,28,29,30)/t13-,14-. The SMILES string of the molecule is Nc1c(Cl)cc(Nc2ncnc3cnc(N[C@H]4CC[C@H](C(=O)N5CCOCC5)CC4)nc23)cc1Cl. The van der Waals surface area contributed by atoms with Crippen LogP contribution in [-0.4, -0.2) is 63.1 Å². The molecule has 184 valence electrons. The lowest BCUT2D eigenvalue weighted by molar-refractivity contribution is -0.140. The van der Waals surface area contributed by atoms with Crippen LogP contribution < -0.4 is 16.4 Å². The van der Waals surface area contributed by atoms with Crippen molar-refractivity contribution >= 4 is 63.3 Å². The molecule has 0 atom stereocenters. The monoisotopic (exact) mass is 516 g/mol. The van der Waals surface area contributed by atoms with Gasteiger partial charge in [0, 0.05) is 30.7 Å². The van der Waals surface area contributed by atoms with Gasteiger partial charge in [0.05, 0.1) is 35.1 Å². The zero-order valence-electron chi connectivity index (χ0n) is 19.0. The van der Waals surface area contributed by atoms with Crippen molar-refractivity contribution in [2.75, 3.05) is 42.7 Å². The van der Waals surface area contributed by atoms with E-state index in [1.54, 1.807) is 18.3 Å². The van der Waals surface area contributed by atoms with Crippen molar-refractivity contribution in [1.29, 1.82) is 0 Å². The van der Waals surface area contributed by atoms with Crippen molar-refractivity contribution in [3.63, 3.8) is 0 Å². The van der Waals surface area contributed by atoms with Gasteiger partial charge in [0.15, 0.2) is 5.82 Å². The highest BCUT2D eigenvalue weighted by Crippen LogP contribution is 2.33. The Morgan fingerprint density at radius 3 is 2.49 bits per heavy atom. The van der Waals surface area contributed by atoms with E-state index in [9.17, 15) is 4.79 Å². The van der Waals surface area contributed by atoms with E-state index in [2.05, 4.69) is 30.6 Å². The van der Waals surface area contributed by atoms with Crippen LogP contribution >= 0.6 is 23.2 Å². The lowest BCUT2D eigenvalue weighted by Gasteiger charge is -2.34. The molecule has 3 aromatic rings. The highest BCUT2D eigenvalue weighted by molar-refractivity contribution is 6.39. The largest absolute Gasteiger partial charge is 0.396 e. The molecule has 1 saturated carbocycles. The molecule has 2 fully saturated rings. The Labute approximate surface area is 212 Å². The van der Waals surface area contributed by atoms with Crippen molar-refractivity contribution in [3.8, 4) is 0 Å². The van der Waals surface area contributed by atoms with Crippen LogP contribution in [0.4, 0.5) is 23.1 Å². The van der Waals surface area contributed by atoms with Crippen LogP contribution in [0.25, 0.3) is 11.0 Å². The second kappa shape index (κ2) is 10.3. The number of aromatic nitrogens is 4. The molecular formula is C23H26Cl2N8O2. The van der Waals surface area contributed by atoms with E-state index in [0.29, 0.717) is 70.5 Å². The molecule has 5 rings (SSSR count). The number of carbonyl (C=O) groups is 1. The van der Waals surface area contributed by atoms with Crippen molar-refractivity contribution in [3.05, 3.63) is 34.7 Å². The number of carbonyl (C=O) groups excluding carboxylic acids is 1. The number of benzene rings is 1. The van der Waals surface area contributed by atoms with E-state index < -0.39 is 0 Å². The molecule has 0 unspecified atom stereocenters. The molecule has 2 aromatic heterocycles. The number of hydrogen-bond acceptors (Lipinski definition) is 9. The maximum atomic E-state index is 12.8. The number of rotatable bonds is 5. The van der Waals surface area contributed by atoms with E-state index in [1.807, 2.05) is 4.90 Å². The van der Waals surface area contributed by atoms with Crippen LogP contribution in [0.1, 0.15) is 25.7 Å². The minimum Gasteiger partial charge on any atom is -0.396 e. The van der Waals surface area contributed by atoms with Crippen molar-refractivity contribution in [2.45, 2.75) is 31.7 Å². The van der Waals surface area contributed by atoms with E-state index in [4.69, 9.17) is 33.7 Å². The number of anilines is 4. The van der Waals surface area contributed by atoms with Gasteiger partial charge >= 0.3 is 0 Å². The average molecular weight is 517 g/mol. The summed E-state index contributed by atoms with van der Waals surface area (Å²) in [5.74, 6) is 1.32. The first-order valence-electron chi connectivity index (χ1n) is 11.6. The number of nitrogens with two attached hydrogens (primary N) is 1. The Morgan fingerprint density at radius 2 is 1.77 bits per heavy atom. The Morgan fingerprint density at radius 1 is 1.06 bits per heavy atom. The molecule has 3 heterocycles. The second-order valence-corrected chi connectivity index (χ2v) is 9.57. The summed E-state index contributed by atoms with van der Waals surface area (Å²) >= 11 is 12.3. The summed E-state index contributed by atoms with van der Waals surface area (Å²) in [6.07, 6.45) is 6.54. The minimum absolute atomic E-state index is 0.0754. The first kappa shape index (κ1) is 23.8. The van der Waals surface area contributed by atoms with Gasteiger partial charge in [-0.3, -0.25) is 4.79 Å². The highest BCUT2D eigenvalue weighted by atomic mass is 35.5. The van der Waals surface area contributed by atoms with Crippen molar-refractivity contribution < 1.29 is 9.53 Å². The molecule has 0 spiro atoms. The van der Waals surface area contributed by atoms with Gasteiger partial charge in [-0.05, 0) is 37.8 Å². The third kappa shape index (κ3) is 5.34. The lowest BCUT2D eigenvalue weighted by atomic mass is 9.85. The van der Waals surface area contributed by atoms with Crippen LogP contribution in [0.3, 0.4) is 0 Å². The smallest absolute Gasteiger partial charge is 0.225 e. The van der Waals surface area contributed by atoms with Crippen LogP contribution in [0.5, 0.6) is 0 Å². The zero-order chi connectivity index (χ0) is 24.4. The van der Waals surface area contributed by atoms with Gasteiger partial charge in [-0.15, -0.1) is 0 Å². The summed E-state index contributed by atoms with van der Waals surface area (Å²) in [5, 5.41) is 7.30. The van der Waals surface area contributed by atoms with Crippen LogP contribution in [0, 0.1) is 5.92 Å². The van der Waals surface area contributed by atoms with Crippen LogP contribution in [0.2, 0.25) is 10.0 Å². The van der Waals surface area contributed by atoms with E-state index in [1.165, 1.54) is 6.33 Å². The van der Waals surface area contributed by atoms with E-state index >= 15 is 0 Å². The van der Waals surface area contributed by atoms with Crippen LogP contribution in [0.15, 0.2) is 24.7 Å². The molecular weight excluding hydrogens is 491 g/mol. The number of hydrogen-bond donors (Lipinski definition) is 3. The van der Waals surface area contributed by atoms with Gasteiger partial charge < -0.3 is 26.0 Å². The summed E-state index contributed by atoms with van der Waals surface area (Å²) in [6.45, 7) is 2.63.